The van der Waals surface area contributed by atoms with Crippen LogP contribution in [0.15, 0.2) is 30.3 Å². The van der Waals surface area contributed by atoms with Gasteiger partial charge in [0.05, 0.1) is 0 Å². The van der Waals surface area contributed by atoms with E-state index < -0.39 is 9.04 Å². The summed E-state index contributed by atoms with van der Waals surface area (Å²) in [7, 11) is -1.28. The zero-order chi connectivity index (χ0) is 26.3. The van der Waals surface area contributed by atoms with E-state index in [1.54, 1.807) is 0 Å². The predicted molar refractivity (Wildman–Crippen MR) is 156 cm³/mol. The molecule has 188 valence electrons. The number of benzene rings is 2. The molecule has 0 radical (unpaired) electrons. The zero-order valence-corrected chi connectivity index (χ0v) is 25.7. The van der Waals surface area contributed by atoms with Crippen molar-refractivity contribution in [2.45, 2.75) is 118 Å². The van der Waals surface area contributed by atoms with Gasteiger partial charge in [0.2, 0.25) is 9.04 Å². The van der Waals surface area contributed by atoms with Gasteiger partial charge in [0.1, 0.15) is 5.75 Å². The molecule has 0 spiro atoms. The van der Waals surface area contributed by atoms with Crippen molar-refractivity contribution in [3.05, 3.63) is 63.7 Å². The van der Waals surface area contributed by atoms with Crippen molar-refractivity contribution < 1.29 is 4.43 Å². The molecule has 2 aromatic carbocycles. The third kappa shape index (κ3) is 7.35. The van der Waals surface area contributed by atoms with Gasteiger partial charge in [-0.15, -0.1) is 0 Å². The summed E-state index contributed by atoms with van der Waals surface area (Å²) < 4.78 is 6.60. The molecule has 0 saturated carbocycles. The van der Waals surface area contributed by atoms with Crippen LogP contribution in [0.2, 0.25) is 13.1 Å². The summed E-state index contributed by atoms with van der Waals surface area (Å²) in [5.41, 5.74) is 8.15. The zero-order valence-electron chi connectivity index (χ0n) is 24.5. The van der Waals surface area contributed by atoms with Gasteiger partial charge in [-0.05, 0) is 68.6 Å². The molecule has 0 amide bonds. The fourth-order valence-corrected chi connectivity index (χ4v) is 4.67. The molecule has 0 bridgehead atoms. The minimum Gasteiger partial charge on any atom is -0.546 e. The molecule has 2 heteroatoms. The Bertz CT molecular complexity index is 997. The van der Waals surface area contributed by atoms with Crippen molar-refractivity contribution in [2.75, 3.05) is 0 Å². The van der Waals surface area contributed by atoms with Gasteiger partial charge in [-0.1, -0.05) is 120 Å². The second-order valence-corrected chi connectivity index (χ2v) is 16.6. The molecule has 0 fully saturated rings. The van der Waals surface area contributed by atoms with Crippen LogP contribution in [-0.2, 0) is 21.7 Å². The maximum absolute atomic E-state index is 6.60. The average Bonchev–Trinajstić information content (AvgIpc) is 2.63. The molecule has 2 aromatic rings. The van der Waals surface area contributed by atoms with Gasteiger partial charge in [0.25, 0.3) is 0 Å². The Balaban J connectivity index is 2.78. The summed E-state index contributed by atoms with van der Waals surface area (Å²) in [6, 6.07) is 11.8. The summed E-state index contributed by atoms with van der Waals surface area (Å²) in [4.78, 5) is 0. The Kier molecular flexibility index (Phi) is 8.10. The largest absolute Gasteiger partial charge is 0.546 e. The minimum absolute atomic E-state index is 0.00797. The first kappa shape index (κ1) is 28.4. The fourth-order valence-electron chi connectivity index (χ4n) is 3.93. The SMILES string of the molecule is C[SiH](C)Oc1c(/C=C/c2cc(C(C)(C)C)cc(C(C)(C)C)c2)cc(C(C)(C)C)cc1C(C)(C)C. The van der Waals surface area contributed by atoms with Crippen LogP contribution in [-0.4, -0.2) is 9.04 Å². The van der Waals surface area contributed by atoms with Crippen LogP contribution < -0.4 is 4.43 Å². The molecule has 0 heterocycles. The van der Waals surface area contributed by atoms with Crippen molar-refractivity contribution in [2.24, 2.45) is 0 Å². The van der Waals surface area contributed by atoms with Gasteiger partial charge in [-0.25, -0.2) is 0 Å². The first-order valence-corrected chi connectivity index (χ1v) is 15.7. The molecule has 0 aliphatic carbocycles. The van der Waals surface area contributed by atoms with Gasteiger partial charge in [-0.2, -0.15) is 0 Å². The quantitative estimate of drug-likeness (QED) is 0.314. The Labute approximate surface area is 212 Å². The van der Waals surface area contributed by atoms with E-state index in [0.29, 0.717) is 0 Å². The Morgan fingerprint density at radius 2 is 1.00 bits per heavy atom. The Morgan fingerprint density at radius 3 is 1.38 bits per heavy atom. The van der Waals surface area contributed by atoms with E-state index in [0.717, 1.165) is 5.75 Å². The first-order valence-electron chi connectivity index (χ1n) is 12.9. The average molecular weight is 479 g/mol. The van der Waals surface area contributed by atoms with Crippen LogP contribution in [0.1, 0.15) is 116 Å². The lowest BCUT2D eigenvalue weighted by molar-refractivity contribution is 0.513. The first-order chi connectivity index (χ1) is 15.2. The molecule has 2 rings (SSSR count). The van der Waals surface area contributed by atoms with E-state index in [4.69, 9.17) is 4.43 Å². The minimum atomic E-state index is -1.28. The third-order valence-electron chi connectivity index (χ3n) is 6.29. The molecule has 0 aliphatic rings. The second-order valence-electron chi connectivity index (χ2n) is 14.3. The molecular formula is C32H50OSi. The lowest BCUT2D eigenvalue weighted by Gasteiger charge is -2.30. The van der Waals surface area contributed by atoms with Crippen molar-refractivity contribution >= 4 is 21.2 Å². The van der Waals surface area contributed by atoms with Crippen LogP contribution in [0.3, 0.4) is 0 Å². The highest BCUT2D eigenvalue weighted by atomic mass is 28.3. The summed E-state index contributed by atoms with van der Waals surface area (Å²) in [5, 5.41) is 0. The summed E-state index contributed by atoms with van der Waals surface area (Å²) in [6.07, 6.45) is 4.57. The van der Waals surface area contributed by atoms with Crippen molar-refractivity contribution in [1.29, 1.82) is 0 Å². The fraction of sp³-hybridized carbons (Fsp3) is 0.562. The number of rotatable bonds is 4. The summed E-state index contributed by atoms with van der Waals surface area (Å²) in [6.45, 7) is 32.0. The molecule has 0 N–H and O–H groups in total. The maximum atomic E-state index is 6.60. The highest BCUT2D eigenvalue weighted by Crippen LogP contribution is 2.40. The van der Waals surface area contributed by atoms with Crippen LogP contribution >= 0.6 is 0 Å². The lowest BCUT2D eigenvalue weighted by Crippen LogP contribution is -2.21. The van der Waals surface area contributed by atoms with Crippen LogP contribution in [0, 0.1) is 0 Å². The summed E-state index contributed by atoms with van der Waals surface area (Å²) >= 11 is 0. The topological polar surface area (TPSA) is 9.23 Å². The van der Waals surface area contributed by atoms with E-state index in [9.17, 15) is 0 Å². The predicted octanol–water partition coefficient (Wildman–Crippen LogP) is 9.41. The van der Waals surface area contributed by atoms with Crippen LogP contribution in [0.4, 0.5) is 0 Å². The molecular weight excluding hydrogens is 428 g/mol. The maximum Gasteiger partial charge on any atom is 0.229 e. The van der Waals surface area contributed by atoms with Crippen LogP contribution in [0.25, 0.3) is 12.2 Å². The molecule has 34 heavy (non-hydrogen) atoms. The van der Waals surface area contributed by atoms with Gasteiger partial charge in [0.15, 0.2) is 0 Å². The highest BCUT2D eigenvalue weighted by molar-refractivity contribution is 6.49. The number of hydrogen-bond donors (Lipinski definition) is 0. The molecule has 0 saturated heterocycles. The Morgan fingerprint density at radius 1 is 0.559 bits per heavy atom. The van der Waals surface area contributed by atoms with Crippen molar-refractivity contribution in [3.63, 3.8) is 0 Å². The van der Waals surface area contributed by atoms with Crippen LogP contribution in [0.5, 0.6) is 5.75 Å². The molecule has 0 aromatic heterocycles. The van der Waals surface area contributed by atoms with Gasteiger partial charge < -0.3 is 4.43 Å². The van der Waals surface area contributed by atoms with E-state index in [2.05, 4.69) is 139 Å². The normalized spacial score (nSPS) is 13.7. The van der Waals surface area contributed by atoms with Gasteiger partial charge >= 0.3 is 0 Å². The van der Waals surface area contributed by atoms with Gasteiger partial charge in [0, 0.05) is 5.56 Å². The van der Waals surface area contributed by atoms with E-state index >= 15 is 0 Å². The second kappa shape index (κ2) is 9.68. The standard InChI is InChI=1S/C32H50OSi/c1-29(2,3)24-17-22(18-25(20-24)30(4,5)6)15-16-23-19-26(31(7,8)9)21-27(32(10,11)12)28(23)33-34(13)14/h15-21,34H,1-14H3/b16-15+. The van der Waals surface area contributed by atoms with E-state index in [1.807, 2.05) is 0 Å². The lowest BCUT2D eigenvalue weighted by atomic mass is 9.78. The number of hydrogen-bond acceptors (Lipinski definition) is 1. The molecule has 0 aliphatic heterocycles. The van der Waals surface area contributed by atoms with Gasteiger partial charge in [-0.3, -0.25) is 0 Å². The molecule has 1 nitrogen and oxygen atoms in total. The Hall–Kier alpha value is -1.80. The smallest absolute Gasteiger partial charge is 0.229 e. The van der Waals surface area contributed by atoms with E-state index in [-0.39, 0.29) is 21.7 Å². The highest BCUT2D eigenvalue weighted by Gasteiger charge is 2.26. The molecule has 0 atom stereocenters. The molecule has 0 unspecified atom stereocenters. The van der Waals surface area contributed by atoms with E-state index in [1.165, 1.54) is 33.4 Å². The monoisotopic (exact) mass is 478 g/mol. The third-order valence-corrected chi connectivity index (χ3v) is 7.00. The summed E-state index contributed by atoms with van der Waals surface area (Å²) in [5.74, 6) is 1.07. The van der Waals surface area contributed by atoms with Crippen molar-refractivity contribution in [3.8, 4) is 5.75 Å². The van der Waals surface area contributed by atoms with Crippen molar-refractivity contribution in [1.82, 2.24) is 0 Å².